The zero-order valence-electron chi connectivity index (χ0n) is 15.6. The Balaban J connectivity index is 1.72. The number of H-pyrrole nitrogens is 1. The highest BCUT2D eigenvalue weighted by Gasteiger charge is 2.38. The molecule has 9 heteroatoms. The molecule has 8 nitrogen and oxygen atoms in total. The molecule has 1 saturated heterocycles. The summed E-state index contributed by atoms with van der Waals surface area (Å²) in [6.45, 7) is 1.62. The molecule has 0 saturated carbocycles. The molecule has 1 aliphatic heterocycles. The van der Waals surface area contributed by atoms with E-state index in [1.165, 1.54) is 22.5 Å². The number of rotatable bonds is 7. The van der Waals surface area contributed by atoms with E-state index in [9.17, 15) is 14.4 Å². The van der Waals surface area contributed by atoms with Crippen LogP contribution in [0.2, 0.25) is 0 Å². The maximum atomic E-state index is 12.2. The van der Waals surface area contributed by atoms with Crippen LogP contribution >= 0.6 is 11.8 Å². The molecule has 3 rings (SSSR count). The third-order valence-electron chi connectivity index (χ3n) is 4.42. The van der Waals surface area contributed by atoms with Crippen molar-refractivity contribution in [1.29, 1.82) is 0 Å². The van der Waals surface area contributed by atoms with Crippen molar-refractivity contribution in [2.24, 2.45) is 0 Å². The number of carbonyl (C=O) groups excluding carboxylic acids is 1. The van der Waals surface area contributed by atoms with Gasteiger partial charge in [-0.1, -0.05) is 18.2 Å². The molecule has 1 N–H and O–H groups in total. The molecule has 0 unspecified atom stereocenters. The smallest absolute Gasteiger partial charge is 0.338 e. The summed E-state index contributed by atoms with van der Waals surface area (Å²) in [4.78, 5) is 38.2. The van der Waals surface area contributed by atoms with Crippen molar-refractivity contribution in [2.75, 3.05) is 18.8 Å². The van der Waals surface area contributed by atoms with Gasteiger partial charge in [-0.2, -0.15) is 0 Å². The van der Waals surface area contributed by atoms with Gasteiger partial charge in [0.25, 0.3) is 5.56 Å². The minimum Gasteiger partial charge on any atom is -0.459 e. The maximum Gasteiger partial charge on any atom is 0.338 e. The molecule has 0 aliphatic carbocycles. The average Bonchev–Trinajstić information content (AvgIpc) is 3.10. The highest BCUT2D eigenvalue weighted by Crippen LogP contribution is 2.30. The van der Waals surface area contributed by atoms with E-state index in [0.29, 0.717) is 23.5 Å². The monoisotopic (exact) mass is 406 g/mol. The number of aromatic amines is 1. The van der Waals surface area contributed by atoms with Crippen LogP contribution in [0.4, 0.5) is 0 Å². The molecule has 1 fully saturated rings. The van der Waals surface area contributed by atoms with Crippen LogP contribution in [0.1, 0.15) is 28.6 Å². The summed E-state index contributed by atoms with van der Waals surface area (Å²) in [7, 11) is 0. The zero-order chi connectivity index (χ0) is 20.1. The summed E-state index contributed by atoms with van der Waals surface area (Å²) in [5.74, 6) is -0.00279. The molecule has 0 amide bonds. The van der Waals surface area contributed by atoms with Gasteiger partial charge >= 0.3 is 11.7 Å². The van der Waals surface area contributed by atoms with E-state index in [0.717, 1.165) is 0 Å². The first kappa shape index (κ1) is 20.4. The molecule has 1 aromatic heterocycles. The van der Waals surface area contributed by atoms with Gasteiger partial charge in [-0.15, -0.1) is 11.8 Å². The quantitative estimate of drug-likeness (QED) is 0.552. The number of aryl methyl sites for hydroxylation is 1. The predicted octanol–water partition coefficient (Wildman–Crippen LogP) is 1.70. The van der Waals surface area contributed by atoms with E-state index in [1.807, 2.05) is 12.3 Å². The first-order valence-corrected chi connectivity index (χ1v) is 10.2. The molecule has 2 aromatic rings. The summed E-state index contributed by atoms with van der Waals surface area (Å²) in [5.41, 5.74) is -0.122. The Kier molecular flexibility index (Phi) is 6.71. The average molecular weight is 406 g/mol. The summed E-state index contributed by atoms with van der Waals surface area (Å²) in [6.07, 6.45) is 2.29. The van der Waals surface area contributed by atoms with Gasteiger partial charge in [-0.05, 0) is 25.3 Å². The van der Waals surface area contributed by atoms with Crippen molar-refractivity contribution in [3.05, 3.63) is 68.5 Å². The maximum absolute atomic E-state index is 12.2. The number of nitrogens with one attached hydrogen (secondary N) is 1. The standard InChI is InChI=1S/C19H22N2O6S/c1-12-9-21(19(24)20-17(12)22)16-8-14(26-11-28-2)15(27-16)10-25-18(23)13-6-4-3-5-7-13/h3-7,9,14-16H,8,10-11H2,1-2H3,(H,20,22,24)/t14-,15+,16+/m0/s1. The normalized spacial score (nSPS) is 21.6. The number of aromatic nitrogens is 2. The predicted molar refractivity (Wildman–Crippen MR) is 105 cm³/mol. The van der Waals surface area contributed by atoms with Crippen LogP contribution < -0.4 is 11.2 Å². The number of esters is 1. The Bertz CT molecular complexity index is 926. The first-order valence-electron chi connectivity index (χ1n) is 8.80. The minimum absolute atomic E-state index is 0.000358. The van der Waals surface area contributed by atoms with Crippen molar-refractivity contribution in [3.63, 3.8) is 0 Å². The van der Waals surface area contributed by atoms with Crippen LogP contribution in [0.15, 0.2) is 46.1 Å². The lowest BCUT2D eigenvalue weighted by Crippen LogP contribution is -2.33. The summed E-state index contributed by atoms with van der Waals surface area (Å²) < 4.78 is 18.5. The highest BCUT2D eigenvalue weighted by atomic mass is 32.2. The Labute approximate surface area is 165 Å². The topological polar surface area (TPSA) is 99.6 Å². The van der Waals surface area contributed by atoms with Gasteiger partial charge in [-0.25, -0.2) is 9.59 Å². The molecule has 0 spiro atoms. The minimum atomic E-state index is -0.615. The van der Waals surface area contributed by atoms with Gasteiger partial charge in [-0.3, -0.25) is 14.3 Å². The molecule has 1 aliphatic rings. The lowest BCUT2D eigenvalue weighted by molar-refractivity contribution is -0.0616. The van der Waals surface area contributed by atoms with Crippen LogP contribution in [0, 0.1) is 6.92 Å². The lowest BCUT2D eigenvalue weighted by Gasteiger charge is -2.18. The molecule has 1 aromatic carbocycles. The summed E-state index contributed by atoms with van der Waals surface area (Å²) >= 11 is 1.51. The Hall–Kier alpha value is -2.36. The molecule has 28 heavy (non-hydrogen) atoms. The fraction of sp³-hybridized carbons (Fsp3) is 0.421. The van der Waals surface area contributed by atoms with Gasteiger partial charge in [0.2, 0.25) is 0 Å². The number of hydrogen-bond donors (Lipinski definition) is 1. The second kappa shape index (κ2) is 9.22. The molecule has 3 atom stereocenters. The van der Waals surface area contributed by atoms with Crippen molar-refractivity contribution >= 4 is 17.7 Å². The number of benzene rings is 1. The molecular weight excluding hydrogens is 384 g/mol. The molecule has 2 heterocycles. The second-order valence-electron chi connectivity index (χ2n) is 6.42. The zero-order valence-corrected chi connectivity index (χ0v) is 16.4. The first-order chi connectivity index (χ1) is 13.5. The lowest BCUT2D eigenvalue weighted by atomic mass is 10.2. The largest absolute Gasteiger partial charge is 0.459 e. The Morgan fingerprint density at radius 1 is 1.32 bits per heavy atom. The van der Waals surface area contributed by atoms with Crippen LogP contribution in [0.5, 0.6) is 0 Å². The van der Waals surface area contributed by atoms with Crippen LogP contribution in [-0.2, 0) is 14.2 Å². The van der Waals surface area contributed by atoms with Crippen molar-refractivity contribution in [3.8, 4) is 0 Å². The number of thioether (sulfide) groups is 1. The third kappa shape index (κ3) is 4.73. The second-order valence-corrected chi connectivity index (χ2v) is 7.23. The number of carbonyl (C=O) groups is 1. The summed E-state index contributed by atoms with van der Waals surface area (Å²) in [6, 6.07) is 8.68. The van der Waals surface area contributed by atoms with Crippen molar-refractivity contribution in [1.82, 2.24) is 9.55 Å². The fourth-order valence-electron chi connectivity index (χ4n) is 2.97. The molecule has 0 bridgehead atoms. The van der Waals surface area contributed by atoms with Gasteiger partial charge in [0, 0.05) is 18.2 Å². The molecular formula is C19H22N2O6S. The molecule has 0 radical (unpaired) electrons. The van der Waals surface area contributed by atoms with Gasteiger partial charge < -0.3 is 14.2 Å². The van der Waals surface area contributed by atoms with E-state index >= 15 is 0 Å². The number of hydrogen-bond acceptors (Lipinski definition) is 7. The number of ether oxygens (including phenoxy) is 3. The van der Waals surface area contributed by atoms with Gasteiger partial charge in [0.05, 0.1) is 17.6 Å². The van der Waals surface area contributed by atoms with E-state index < -0.39 is 29.6 Å². The van der Waals surface area contributed by atoms with E-state index in [2.05, 4.69) is 4.98 Å². The number of nitrogens with zero attached hydrogens (tertiary/aromatic N) is 1. The van der Waals surface area contributed by atoms with Crippen molar-refractivity contribution in [2.45, 2.75) is 31.8 Å². The van der Waals surface area contributed by atoms with E-state index in [4.69, 9.17) is 14.2 Å². The van der Waals surface area contributed by atoms with Crippen LogP contribution in [0.3, 0.4) is 0 Å². The fourth-order valence-corrected chi connectivity index (χ4v) is 3.28. The third-order valence-corrected chi connectivity index (χ3v) is 4.80. The van der Waals surface area contributed by atoms with E-state index in [1.54, 1.807) is 31.2 Å². The van der Waals surface area contributed by atoms with Crippen molar-refractivity contribution < 1.29 is 19.0 Å². The summed E-state index contributed by atoms with van der Waals surface area (Å²) in [5, 5.41) is 0. The Morgan fingerprint density at radius 2 is 2.07 bits per heavy atom. The Morgan fingerprint density at radius 3 is 2.79 bits per heavy atom. The van der Waals surface area contributed by atoms with Crippen LogP contribution in [-0.4, -0.2) is 46.5 Å². The highest BCUT2D eigenvalue weighted by molar-refractivity contribution is 7.98. The van der Waals surface area contributed by atoms with E-state index in [-0.39, 0.29) is 12.7 Å². The van der Waals surface area contributed by atoms with Gasteiger partial charge in [0.15, 0.2) is 0 Å². The molecule has 150 valence electrons. The van der Waals surface area contributed by atoms with Gasteiger partial charge in [0.1, 0.15) is 18.9 Å². The SMILES string of the molecule is CSCO[C@H]1C[C@H](n2cc(C)c(=O)[nH]c2=O)O[C@@H]1COC(=O)c1ccccc1. The van der Waals surface area contributed by atoms with Crippen LogP contribution in [0.25, 0.3) is 0 Å².